The second-order valence-corrected chi connectivity index (χ2v) is 4.36. The fourth-order valence-electron chi connectivity index (χ4n) is 1.65. The van der Waals surface area contributed by atoms with E-state index in [2.05, 4.69) is 30.9 Å². The minimum atomic E-state index is 0.351. The van der Waals surface area contributed by atoms with Gasteiger partial charge in [0.05, 0.1) is 0 Å². The molecule has 0 saturated heterocycles. The maximum Gasteiger partial charge on any atom is 0.0431 e. The summed E-state index contributed by atoms with van der Waals surface area (Å²) in [6, 6.07) is 0. The van der Waals surface area contributed by atoms with Gasteiger partial charge in [0.1, 0.15) is 0 Å². The van der Waals surface area contributed by atoms with Gasteiger partial charge in [-0.3, -0.25) is 0 Å². The topological polar surface area (TPSA) is 20.2 Å². The number of allylic oxidation sites excluding steroid dienone is 3. The van der Waals surface area contributed by atoms with Crippen LogP contribution in [0, 0.1) is 0 Å². The lowest BCUT2D eigenvalue weighted by molar-refractivity contribution is 0.282. The lowest BCUT2D eigenvalue weighted by Crippen LogP contribution is -1.83. The summed E-state index contributed by atoms with van der Waals surface area (Å²) in [5.74, 6) is 0. The van der Waals surface area contributed by atoms with Gasteiger partial charge < -0.3 is 5.11 Å². The van der Waals surface area contributed by atoms with Crippen molar-refractivity contribution in [1.82, 2.24) is 0 Å². The maximum atomic E-state index is 8.62. The largest absolute Gasteiger partial charge is 0.396 e. The van der Waals surface area contributed by atoms with Crippen LogP contribution in [0.2, 0.25) is 0 Å². The number of hydrogen-bond donors (Lipinski definition) is 1. The molecule has 0 saturated carbocycles. The Labute approximate surface area is 107 Å². The molecule has 0 aliphatic carbocycles. The molecule has 0 aliphatic rings. The van der Waals surface area contributed by atoms with Crippen LogP contribution in [0.25, 0.3) is 0 Å². The van der Waals surface area contributed by atoms with E-state index in [0.717, 1.165) is 19.3 Å². The van der Waals surface area contributed by atoms with Crippen molar-refractivity contribution in [1.29, 1.82) is 0 Å². The lowest BCUT2D eigenvalue weighted by atomic mass is 10.1. The van der Waals surface area contributed by atoms with E-state index in [1.807, 2.05) is 6.08 Å². The average molecular weight is 236 g/mol. The van der Waals surface area contributed by atoms with Gasteiger partial charge in [-0.05, 0) is 37.8 Å². The highest BCUT2D eigenvalue weighted by atomic mass is 16.2. The molecule has 0 bridgehead atoms. The van der Waals surface area contributed by atoms with E-state index in [1.54, 1.807) is 0 Å². The van der Waals surface area contributed by atoms with Crippen LogP contribution in [0.1, 0.15) is 64.7 Å². The number of aliphatic hydroxyl groups is 1. The number of rotatable bonds is 11. The molecule has 0 fully saturated rings. The van der Waals surface area contributed by atoms with Crippen molar-refractivity contribution in [3.8, 4) is 0 Å². The molecule has 0 aliphatic heterocycles. The van der Waals surface area contributed by atoms with Gasteiger partial charge in [0, 0.05) is 6.61 Å². The van der Waals surface area contributed by atoms with Crippen LogP contribution in [-0.2, 0) is 0 Å². The lowest BCUT2D eigenvalue weighted by Gasteiger charge is -1.99. The Balaban J connectivity index is 3.17. The molecule has 98 valence electrons. The molecule has 0 atom stereocenters. The van der Waals surface area contributed by atoms with Crippen LogP contribution in [0.5, 0.6) is 0 Å². The van der Waals surface area contributed by atoms with Crippen molar-refractivity contribution in [2.45, 2.75) is 64.7 Å². The van der Waals surface area contributed by atoms with E-state index in [-0.39, 0.29) is 0 Å². The SMILES string of the molecule is CCC=CC=C=CCCCCCCCCCO. The zero-order valence-corrected chi connectivity index (χ0v) is 11.3. The van der Waals surface area contributed by atoms with Gasteiger partial charge in [0.15, 0.2) is 0 Å². The van der Waals surface area contributed by atoms with Gasteiger partial charge in [-0.25, -0.2) is 0 Å². The molecule has 1 nitrogen and oxygen atoms in total. The molecule has 0 unspecified atom stereocenters. The Hall–Kier alpha value is -0.780. The van der Waals surface area contributed by atoms with Gasteiger partial charge in [-0.2, -0.15) is 0 Å². The second-order valence-electron chi connectivity index (χ2n) is 4.36. The fraction of sp³-hybridized carbons (Fsp3) is 0.688. The third-order valence-electron chi connectivity index (χ3n) is 2.69. The zero-order chi connectivity index (χ0) is 12.6. The quantitative estimate of drug-likeness (QED) is 0.311. The third kappa shape index (κ3) is 15.2. The van der Waals surface area contributed by atoms with Crippen molar-refractivity contribution in [2.24, 2.45) is 0 Å². The van der Waals surface area contributed by atoms with Gasteiger partial charge in [-0.1, -0.05) is 51.2 Å². The normalized spacial score (nSPS) is 10.5. The van der Waals surface area contributed by atoms with Crippen molar-refractivity contribution < 1.29 is 5.11 Å². The summed E-state index contributed by atoms with van der Waals surface area (Å²) in [7, 11) is 0. The third-order valence-corrected chi connectivity index (χ3v) is 2.69. The molecule has 0 aromatic rings. The Morgan fingerprint density at radius 3 is 2.24 bits per heavy atom. The van der Waals surface area contributed by atoms with Crippen molar-refractivity contribution >= 4 is 0 Å². The van der Waals surface area contributed by atoms with E-state index < -0.39 is 0 Å². The summed E-state index contributed by atoms with van der Waals surface area (Å²) in [4.78, 5) is 0. The molecule has 0 spiro atoms. The Morgan fingerprint density at radius 1 is 0.941 bits per heavy atom. The molecule has 1 N–H and O–H groups in total. The summed E-state index contributed by atoms with van der Waals surface area (Å²) in [6.45, 7) is 2.48. The average Bonchev–Trinajstić information content (AvgIpc) is 2.35. The van der Waals surface area contributed by atoms with E-state index in [0.29, 0.717) is 6.61 Å². The molecule has 0 aromatic heterocycles. The smallest absolute Gasteiger partial charge is 0.0431 e. The summed E-state index contributed by atoms with van der Waals surface area (Å²) < 4.78 is 0. The predicted octanol–water partition coefficient (Wildman–Crippen LogP) is 4.78. The highest BCUT2D eigenvalue weighted by molar-refractivity contribution is 5.01. The molecule has 1 heteroatoms. The number of unbranched alkanes of at least 4 members (excludes halogenated alkanes) is 7. The van der Waals surface area contributed by atoms with Crippen LogP contribution in [0.15, 0.2) is 30.0 Å². The van der Waals surface area contributed by atoms with Gasteiger partial charge in [0.25, 0.3) is 0 Å². The first-order valence-corrected chi connectivity index (χ1v) is 7.08. The summed E-state index contributed by atoms with van der Waals surface area (Å²) in [6.07, 6.45) is 19.2. The molecule has 0 amide bonds. The van der Waals surface area contributed by atoms with Crippen molar-refractivity contribution in [3.05, 3.63) is 30.0 Å². The second kappa shape index (κ2) is 15.2. The first-order valence-electron chi connectivity index (χ1n) is 7.08. The highest BCUT2D eigenvalue weighted by Gasteiger charge is 1.90. The number of aliphatic hydroxyl groups excluding tert-OH is 1. The van der Waals surface area contributed by atoms with Gasteiger partial charge in [0.2, 0.25) is 0 Å². The summed E-state index contributed by atoms with van der Waals surface area (Å²) in [5, 5.41) is 8.62. The maximum absolute atomic E-state index is 8.62. The first-order chi connectivity index (χ1) is 8.41. The molecular formula is C16H28O. The van der Waals surface area contributed by atoms with Crippen molar-refractivity contribution in [3.63, 3.8) is 0 Å². The summed E-state index contributed by atoms with van der Waals surface area (Å²) in [5.41, 5.74) is 3.17. The minimum absolute atomic E-state index is 0.351. The zero-order valence-electron chi connectivity index (χ0n) is 11.3. The monoisotopic (exact) mass is 236 g/mol. The summed E-state index contributed by atoms with van der Waals surface area (Å²) >= 11 is 0. The predicted molar refractivity (Wildman–Crippen MR) is 76.1 cm³/mol. The standard InChI is InChI=1S/C16H28O/c1-2-3-4-5-6-7-8-9-10-11-12-13-14-15-16-17/h3-5,7,17H,2,8-16H2,1H3. The van der Waals surface area contributed by atoms with Crippen LogP contribution >= 0.6 is 0 Å². The van der Waals surface area contributed by atoms with E-state index in [1.165, 1.54) is 38.5 Å². The fourth-order valence-corrected chi connectivity index (χ4v) is 1.65. The van der Waals surface area contributed by atoms with Crippen LogP contribution in [0.4, 0.5) is 0 Å². The van der Waals surface area contributed by atoms with Gasteiger partial charge in [-0.15, -0.1) is 5.73 Å². The molecule has 0 radical (unpaired) electrons. The molecule has 17 heavy (non-hydrogen) atoms. The van der Waals surface area contributed by atoms with Gasteiger partial charge >= 0.3 is 0 Å². The van der Waals surface area contributed by atoms with Crippen LogP contribution in [-0.4, -0.2) is 11.7 Å². The highest BCUT2D eigenvalue weighted by Crippen LogP contribution is 2.08. The molecule has 0 heterocycles. The molecular weight excluding hydrogens is 208 g/mol. The minimum Gasteiger partial charge on any atom is -0.396 e. The Morgan fingerprint density at radius 2 is 1.59 bits per heavy atom. The van der Waals surface area contributed by atoms with Crippen LogP contribution < -0.4 is 0 Å². The van der Waals surface area contributed by atoms with Crippen molar-refractivity contribution in [2.75, 3.05) is 6.61 Å². The Kier molecular flexibility index (Phi) is 14.5. The number of hydrogen-bond acceptors (Lipinski definition) is 1. The first kappa shape index (κ1) is 16.2. The van der Waals surface area contributed by atoms with E-state index in [9.17, 15) is 0 Å². The van der Waals surface area contributed by atoms with E-state index in [4.69, 9.17) is 5.11 Å². The van der Waals surface area contributed by atoms with Crippen LogP contribution in [0.3, 0.4) is 0 Å². The van der Waals surface area contributed by atoms with E-state index >= 15 is 0 Å². The molecule has 0 aromatic carbocycles. The Bertz CT molecular complexity index is 222. The molecule has 0 rings (SSSR count).